The van der Waals surface area contributed by atoms with Gasteiger partial charge in [0, 0.05) is 46.3 Å². The predicted molar refractivity (Wildman–Crippen MR) is 124 cm³/mol. The van der Waals surface area contributed by atoms with Crippen molar-refractivity contribution in [3.8, 4) is 22.8 Å². The van der Waals surface area contributed by atoms with E-state index in [1.165, 1.54) is 11.8 Å². The molecule has 0 radical (unpaired) electrons. The van der Waals surface area contributed by atoms with Crippen molar-refractivity contribution in [1.29, 1.82) is 0 Å². The van der Waals surface area contributed by atoms with Gasteiger partial charge in [0.1, 0.15) is 5.75 Å². The number of pyridine rings is 1. The van der Waals surface area contributed by atoms with E-state index in [9.17, 15) is 4.79 Å². The first-order valence-electron chi connectivity index (χ1n) is 9.97. The van der Waals surface area contributed by atoms with Crippen molar-refractivity contribution in [2.24, 2.45) is 0 Å². The molecule has 158 valence electrons. The second kappa shape index (κ2) is 8.68. The Morgan fingerprint density at radius 2 is 1.81 bits per heavy atom. The van der Waals surface area contributed by atoms with Crippen molar-refractivity contribution in [2.45, 2.75) is 5.16 Å². The van der Waals surface area contributed by atoms with Crippen LogP contribution in [0.5, 0.6) is 5.75 Å². The molecule has 32 heavy (non-hydrogen) atoms. The minimum absolute atomic E-state index is 0.0298. The summed E-state index contributed by atoms with van der Waals surface area (Å²) in [7, 11) is 1.63. The van der Waals surface area contributed by atoms with Crippen molar-refractivity contribution in [3.63, 3.8) is 0 Å². The molecule has 0 bridgehead atoms. The first-order valence-corrected chi connectivity index (χ1v) is 11.0. The van der Waals surface area contributed by atoms with Gasteiger partial charge >= 0.3 is 0 Å². The number of methoxy groups -OCH3 is 1. The number of nitrogens with one attached hydrogen (secondary N) is 1. The number of aromatic amines is 1. The third-order valence-corrected chi connectivity index (χ3v) is 6.05. The van der Waals surface area contributed by atoms with E-state index >= 15 is 0 Å². The molecule has 5 aromatic rings. The number of nitrogens with zero attached hydrogens (tertiary/aromatic N) is 4. The maximum absolute atomic E-state index is 13.0. The van der Waals surface area contributed by atoms with Gasteiger partial charge in [0.25, 0.3) is 0 Å². The summed E-state index contributed by atoms with van der Waals surface area (Å²) in [6, 6.07) is 19.2. The fraction of sp³-hybridized carbons (Fsp3) is 0.0833. The lowest BCUT2D eigenvalue weighted by atomic mass is 10.1. The summed E-state index contributed by atoms with van der Waals surface area (Å²) in [6.07, 6.45) is 5.20. The lowest BCUT2D eigenvalue weighted by Gasteiger charge is -2.11. The van der Waals surface area contributed by atoms with Gasteiger partial charge in [-0.3, -0.25) is 14.3 Å². The highest BCUT2D eigenvalue weighted by Gasteiger charge is 2.19. The Labute approximate surface area is 188 Å². The standard InChI is InChI=1S/C24H19N5O2S/c1-31-18-8-6-17(7-9-18)29-23(16-10-12-25-13-11-16)27-28-24(29)32-15-22(30)20-14-26-21-5-3-2-4-19(20)21/h2-14,26H,15H2,1H3. The number of para-hydroxylation sites is 1. The molecule has 2 aromatic carbocycles. The first kappa shape index (κ1) is 20.0. The number of hydrogen-bond donors (Lipinski definition) is 1. The maximum Gasteiger partial charge on any atom is 0.196 e. The van der Waals surface area contributed by atoms with Gasteiger partial charge in [-0.1, -0.05) is 30.0 Å². The number of aromatic nitrogens is 5. The van der Waals surface area contributed by atoms with Gasteiger partial charge in [0.15, 0.2) is 16.8 Å². The molecule has 5 rings (SSSR count). The summed E-state index contributed by atoms with van der Waals surface area (Å²) in [5.74, 6) is 1.71. The summed E-state index contributed by atoms with van der Waals surface area (Å²) in [4.78, 5) is 20.2. The van der Waals surface area contributed by atoms with Crippen molar-refractivity contribution in [2.75, 3.05) is 12.9 Å². The van der Waals surface area contributed by atoms with Crippen LogP contribution in [0, 0.1) is 0 Å². The quantitative estimate of drug-likeness (QED) is 0.289. The second-order valence-electron chi connectivity index (χ2n) is 7.04. The highest BCUT2D eigenvalue weighted by Crippen LogP contribution is 2.29. The smallest absolute Gasteiger partial charge is 0.196 e. The van der Waals surface area contributed by atoms with E-state index in [-0.39, 0.29) is 11.5 Å². The lowest BCUT2D eigenvalue weighted by Crippen LogP contribution is -2.04. The molecule has 3 heterocycles. The number of fused-ring (bicyclic) bond motifs is 1. The monoisotopic (exact) mass is 441 g/mol. The molecule has 8 heteroatoms. The number of Topliss-reactive ketones (excluding diaryl/α,β-unsaturated/α-hetero) is 1. The van der Waals surface area contributed by atoms with Crippen LogP contribution in [-0.2, 0) is 0 Å². The number of ketones is 1. The molecule has 0 spiro atoms. The average molecular weight is 442 g/mol. The van der Waals surface area contributed by atoms with Crippen LogP contribution in [0.3, 0.4) is 0 Å². The molecule has 0 saturated carbocycles. The third-order valence-electron chi connectivity index (χ3n) is 5.12. The van der Waals surface area contributed by atoms with E-state index in [0.717, 1.165) is 27.9 Å². The fourth-order valence-corrected chi connectivity index (χ4v) is 4.36. The Morgan fingerprint density at radius 1 is 1.03 bits per heavy atom. The zero-order valence-electron chi connectivity index (χ0n) is 17.2. The molecule has 0 amide bonds. The van der Waals surface area contributed by atoms with E-state index < -0.39 is 0 Å². The molecule has 7 nitrogen and oxygen atoms in total. The predicted octanol–water partition coefficient (Wildman–Crippen LogP) is 4.79. The van der Waals surface area contributed by atoms with Gasteiger partial charge in [0.05, 0.1) is 12.9 Å². The zero-order chi connectivity index (χ0) is 21.9. The highest BCUT2D eigenvalue weighted by atomic mass is 32.2. The van der Waals surface area contributed by atoms with E-state index in [4.69, 9.17) is 4.74 Å². The highest BCUT2D eigenvalue weighted by molar-refractivity contribution is 7.99. The molecular weight excluding hydrogens is 422 g/mol. The number of carbonyl (C=O) groups is 1. The van der Waals surface area contributed by atoms with Crippen LogP contribution < -0.4 is 4.74 Å². The fourth-order valence-electron chi connectivity index (χ4n) is 3.53. The number of carbonyl (C=O) groups excluding carboxylic acids is 1. The molecule has 0 saturated heterocycles. The number of hydrogen-bond acceptors (Lipinski definition) is 6. The largest absolute Gasteiger partial charge is 0.497 e. The molecule has 0 unspecified atom stereocenters. The Kier molecular flexibility index (Phi) is 5.43. The van der Waals surface area contributed by atoms with E-state index in [1.807, 2.05) is 65.2 Å². The summed E-state index contributed by atoms with van der Waals surface area (Å²) in [5.41, 5.74) is 3.39. The zero-order valence-corrected chi connectivity index (χ0v) is 18.0. The Balaban J connectivity index is 1.48. The third kappa shape index (κ3) is 3.76. The Bertz CT molecular complexity index is 1380. The van der Waals surface area contributed by atoms with Crippen LogP contribution in [0.1, 0.15) is 10.4 Å². The van der Waals surface area contributed by atoms with Gasteiger partial charge in [-0.15, -0.1) is 10.2 Å². The Hall–Kier alpha value is -3.91. The number of ether oxygens (including phenoxy) is 1. The minimum atomic E-state index is 0.0298. The summed E-state index contributed by atoms with van der Waals surface area (Å²) in [5, 5.41) is 10.4. The molecule has 0 aliphatic rings. The number of benzene rings is 2. The summed E-state index contributed by atoms with van der Waals surface area (Å²) in [6.45, 7) is 0. The molecule has 0 atom stereocenters. The molecule has 0 aliphatic carbocycles. The number of thioether (sulfide) groups is 1. The lowest BCUT2D eigenvalue weighted by molar-refractivity contribution is 0.102. The topological polar surface area (TPSA) is 85.7 Å². The normalized spacial score (nSPS) is 11.0. The Morgan fingerprint density at radius 3 is 2.59 bits per heavy atom. The summed E-state index contributed by atoms with van der Waals surface area (Å²) < 4.78 is 7.23. The van der Waals surface area contributed by atoms with Gasteiger partial charge in [0.2, 0.25) is 0 Å². The minimum Gasteiger partial charge on any atom is -0.497 e. The van der Waals surface area contributed by atoms with Crippen LogP contribution in [-0.4, -0.2) is 43.4 Å². The van der Waals surface area contributed by atoms with Crippen LogP contribution >= 0.6 is 11.8 Å². The number of rotatable bonds is 7. The van der Waals surface area contributed by atoms with Gasteiger partial charge in [-0.25, -0.2) is 0 Å². The average Bonchev–Trinajstić information content (AvgIpc) is 3.48. The van der Waals surface area contributed by atoms with Crippen LogP contribution in [0.2, 0.25) is 0 Å². The van der Waals surface area contributed by atoms with E-state index in [1.54, 1.807) is 25.7 Å². The molecule has 3 aromatic heterocycles. The molecular formula is C24H19N5O2S. The van der Waals surface area contributed by atoms with Crippen molar-refractivity contribution < 1.29 is 9.53 Å². The molecule has 0 aliphatic heterocycles. The first-order chi connectivity index (χ1) is 15.7. The van der Waals surface area contributed by atoms with Crippen LogP contribution in [0.15, 0.2) is 84.4 Å². The van der Waals surface area contributed by atoms with Crippen LogP contribution in [0.4, 0.5) is 0 Å². The summed E-state index contributed by atoms with van der Waals surface area (Å²) >= 11 is 1.36. The van der Waals surface area contributed by atoms with Gasteiger partial charge < -0.3 is 9.72 Å². The van der Waals surface area contributed by atoms with Crippen molar-refractivity contribution in [1.82, 2.24) is 24.7 Å². The van der Waals surface area contributed by atoms with Gasteiger partial charge in [-0.05, 0) is 42.5 Å². The van der Waals surface area contributed by atoms with Crippen molar-refractivity contribution >= 4 is 28.4 Å². The molecule has 1 N–H and O–H groups in total. The molecule has 0 fully saturated rings. The number of H-pyrrole nitrogens is 1. The maximum atomic E-state index is 13.0. The van der Waals surface area contributed by atoms with E-state index in [2.05, 4.69) is 20.2 Å². The van der Waals surface area contributed by atoms with Gasteiger partial charge in [-0.2, -0.15) is 0 Å². The second-order valence-corrected chi connectivity index (χ2v) is 7.98. The van der Waals surface area contributed by atoms with E-state index in [0.29, 0.717) is 16.5 Å². The van der Waals surface area contributed by atoms with Crippen LogP contribution in [0.25, 0.3) is 28.0 Å². The van der Waals surface area contributed by atoms with Crippen molar-refractivity contribution in [3.05, 3.63) is 84.8 Å². The SMILES string of the molecule is COc1ccc(-n2c(SCC(=O)c3c[nH]c4ccccc34)nnc2-c2ccncc2)cc1.